The molecule has 0 heterocycles. The maximum absolute atomic E-state index is 12.0. The second-order valence-electron chi connectivity index (χ2n) is 5.54. The minimum atomic E-state index is -1.43. The number of aryl methyl sites for hydroxylation is 1. The fourth-order valence-electron chi connectivity index (χ4n) is 1.80. The highest BCUT2D eigenvalue weighted by Crippen LogP contribution is 2.12. The largest absolute Gasteiger partial charge is 0.459 e. The van der Waals surface area contributed by atoms with Crippen LogP contribution in [0.25, 0.3) is 0 Å². The van der Waals surface area contributed by atoms with E-state index in [0.29, 0.717) is 5.56 Å². The summed E-state index contributed by atoms with van der Waals surface area (Å²) in [5.41, 5.74) is 1.33. The van der Waals surface area contributed by atoms with Gasteiger partial charge in [-0.3, -0.25) is 0 Å². The summed E-state index contributed by atoms with van der Waals surface area (Å²) in [4.78, 5) is 12.0. The highest BCUT2D eigenvalue weighted by molar-refractivity contribution is 5.90. The van der Waals surface area contributed by atoms with Crippen LogP contribution in [-0.4, -0.2) is 47.6 Å². The van der Waals surface area contributed by atoms with E-state index >= 15 is 0 Å². The molecule has 6 nitrogen and oxygen atoms in total. The molecule has 0 saturated carbocycles. The van der Waals surface area contributed by atoms with Gasteiger partial charge in [-0.2, -0.15) is 0 Å². The van der Waals surface area contributed by atoms with Crippen LogP contribution in [0.1, 0.15) is 50.5 Å². The van der Waals surface area contributed by atoms with Crippen LogP contribution in [0.3, 0.4) is 0 Å². The van der Waals surface area contributed by atoms with Gasteiger partial charge in [0.2, 0.25) is 0 Å². The third kappa shape index (κ3) is 8.98. The number of ether oxygens (including phenoxy) is 3. The van der Waals surface area contributed by atoms with Crippen molar-refractivity contribution >= 4 is 5.97 Å². The Labute approximate surface area is 144 Å². The van der Waals surface area contributed by atoms with E-state index < -0.39 is 30.8 Å². The molecule has 0 amide bonds. The quantitative estimate of drug-likeness (QED) is 0.558. The number of esters is 1. The normalized spacial score (nSPS) is 13.5. The smallest absolute Gasteiger partial charge is 0.338 e. The molecule has 2 atom stereocenters. The minimum absolute atomic E-state index is 0.0128. The van der Waals surface area contributed by atoms with Crippen LogP contribution in [0.5, 0.6) is 0 Å². The van der Waals surface area contributed by atoms with Gasteiger partial charge >= 0.3 is 5.97 Å². The minimum Gasteiger partial charge on any atom is -0.459 e. The van der Waals surface area contributed by atoms with E-state index in [1.54, 1.807) is 19.1 Å². The lowest BCUT2D eigenvalue weighted by molar-refractivity contribution is -0.293. The molecule has 0 spiro atoms. The molecule has 0 aliphatic rings. The van der Waals surface area contributed by atoms with Crippen LogP contribution in [0, 0.1) is 6.92 Å². The highest BCUT2D eigenvalue weighted by atomic mass is 16.7. The Morgan fingerprint density at radius 2 is 1.83 bits per heavy atom. The maximum Gasteiger partial charge on any atom is 0.338 e. The first kappa shape index (κ1) is 22.5. The van der Waals surface area contributed by atoms with Gasteiger partial charge in [0.25, 0.3) is 0 Å². The van der Waals surface area contributed by atoms with Crippen LogP contribution in [0.2, 0.25) is 0 Å². The zero-order valence-corrected chi connectivity index (χ0v) is 15.4. The zero-order valence-electron chi connectivity index (χ0n) is 15.4. The van der Waals surface area contributed by atoms with Crippen molar-refractivity contribution in [3.05, 3.63) is 35.4 Å². The number of rotatable bonds is 8. The maximum atomic E-state index is 12.0. The van der Waals surface area contributed by atoms with E-state index in [0.717, 1.165) is 5.56 Å². The molecule has 1 aromatic rings. The van der Waals surface area contributed by atoms with Gasteiger partial charge in [0.15, 0.2) is 12.1 Å². The molecule has 0 saturated heterocycles. The number of benzene rings is 1. The zero-order chi connectivity index (χ0) is 18.8. The molecule has 138 valence electrons. The van der Waals surface area contributed by atoms with Crippen molar-refractivity contribution in [1.29, 1.82) is 0 Å². The van der Waals surface area contributed by atoms with E-state index in [1.165, 1.54) is 13.8 Å². The number of hydrogen-bond donors (Lipinski definition) is 2. The summed E-state index contributed by atoms with van der Waals surface area (Å²) in [6, 6.07) is 7.13. The summed E-state index contributed by atoms with van der Waals surface area (Å²) < 4.78 is 15.7. The van der Waals surface area contributed by atoms with Crippen LogP contribution < -0.4 is 0 Å². The highest BCUT2D eigenvalue weighted by Gasteiger charge is 2.23. The van der Waals surface area contributed by atoms with Gasteiger partial charge in [0.1, 0.15) is 6.61 Å². The Morgan fingerprint density at radius 3 is 2.33 bits per heavy atom. The number of aliphatic hydroxyl groups is 2. The summed E-state index contributed by atoms with van der Waals surface area (Å²) in [5.74, 6) is -1.86. The van der Waals surface area contributed by atoms with Crippen molar-refractivity contribution in [3.8, 4) is 0 Å². The second kappa shape index (κ2) is 11.1. The van der Waals surface area contributed by atoms with E-state index in [2.05, 4.69) is 0 Å². The third-order valence-corrected chi connectivity index (χ3v) is 2.77. The predicted octanol–water partition coefficient (Wildman–Crippen LogP) is 2.65. The van der Waals surface area contributed by atoms with Crippen molar-refractivity contribution in [2.75, 3.05) is 13.2 Å². The summed E-state index contributed by atoms with van der Waals surface area (Å²) in [7, 11) is 0. The van der Waals surface area contributed by atoms with E-state index in [4.69, 9.17) is 19.3 Å². The first-order valence-electron chi connectivity index (χ1n) is 8.12. The van der Waals surface area contributed by atoms with Gasteiger partial charge in [0, 0.05) is 0 Å². The summed E-state index contributed by atoms with van der Waals surface area (Å²) >= 11 is 0. The Kier molecular flexibility index (Phi) is 10.5. The summed E-state index contributed by atoms with van der Waals surface area (Å²) in [6.45, 7) is 9.97. The molecule has 0 fully saturated rings. The lowest BCUT2D eigenvalue weighted by Gasteiger charge is -2.27. The van der Waals surface area contributed by atoms with Crippen LogP contribution >= 0.6 is 0 Å². The van der Waals surface area contributed by atoms with Crippen molar-refractivity contribution in [2.24, 2.45) is 0 Å². The SMILES string of the molecule is CC.Cc1ccccc1C(=O)OCC(C)OC(CO)OC(C)(C)O. The van der Waals surface area contributed by atoms with Gasteiger partial charge in [0.05, 0.1) is 18.3 Å². The molecule has 24 heavy (non-hydrogen) atoms. The second-order valence-corrected chi connectivity index (χ2v) is 5.54. The molecule has 1 aromatic carbocycles. The number of aliphatic hydroxyl groups excluding tert-OH is 1. The standard InChI is InChI=1S/C16H24O6.C2H6/c1-11-7-5-6-8-13(11)15(18)20-10-12(2)21-14(9-17)22-16(3,4)19;1-2/h5-8,12,14,17,19H,9-10H2,1-4H3;1-2H3. The monoisotopic (exact) mass is 342 g/mol. The molecule has 0 aliphatic heterocycles. The van der Waals surface area contributed by atoms with E-state index in [9.17, 15) is 9.90 Å². The topological polar surface area (TPSA) is 85.2 Å². The average molecular weight is 342 g/mol. The molecule has 0 aliphatic carbocycles. The Bertz CT molecular complexity index is 481. The Hall–Kier alpha value is -1.47. The average Bonchev–Trinajstić information content (AvgIpc) is 2.53. The predicted molar refractivity (Wildman–Crippen MR) is 91.6 cm³/mol. The molecule has 0 aromatic heterocycles. The number of carbonyl (C=O) groups is 1. The third-order valence-electron chi connectivity index (χ3n) is 2.77. The van der Waals surface area contributed by atoms with Crippen molar-refractivity contribution < 1.29 is 29.2 Å². The van der Waals surface area contributed by atoms with Crippen molar-refractivity contribution in [1.82, 2.24) is 0 Å². The first-order chi connectivity index (χ1) is 11.2. The van der Waals surface area contributed by atoms with Gasteiger partial charge in [-0.15, -0.1) is 0 Å². The fraction of sp³-hybridized carbons (Fsp3) is 0.611. The van der Waals surface area contributed by atoms with Crippen LogP contribution in [0.4, 0.5) is 0 Å². The first-order valence-corrected chi connectivity index (χ1v) is 8.12. The van der Waals surface area contributed by atoms with Crippen LogP contribution in [-0.2, 0) is 14.2 Å². The molecule has 2 N–H and O–H groups in total. The van der Waals surface area contributed by atoms with Gasteiger partial charge < -0.3 is 24.4 Å². The lowest BCUT2D eigenvalue weighted by atomic mass is 10.1. The Morgan fingerprint density at radius 1 is 1.25 bits per heavy atom. The van der Waals surface area contributed by atoms with Crippen LogP contribution in [0.15, 0.2) is 24.3 Å². The molecule has 2 unspecified atom stereocenters. The fourth-order valence-corrected chi connectivity index (χ4v) is 1.80. The number of hydrogen-bond acceptors (Lipinski definition) is 6. The van der Waals surface area contributed by atoms with Crippen molar-refractivity contribution in [2.45, 2.75) is 59.7 Å². The molecule has 0 radical (unpaired) electrons. The molecule has 6 heteroatoms. The molecule has 1 rings (SSSR count). The van der Waals surface area contributed by atoms with Crippen molar-refractivity contribution in [3.63, 3.8) is 0 Å². The summed E-state index contributed by atoms with van der Waals surface area (Å²) in [5, 5.41) is 18.7. The van der Waals surface area contributed by atoms with E-state index in [1.807, 2.05) is 32.9 Å². The van der Waals surface area contributed by atoms with Gasteiger partial charge in [-0.1, -0.05) is 32.0 Å². The molecular weight excluding hydrogens is 312 g/mol. The molecule has 0 bridgehead atoms. The molecular formula is C18H30O6. The van der Waals surface area contributed by atoms with E-state index in [-0.39, 0.29) is 6.61 Å². The van der Waals surface area contributed by atoms with Gasteiger partial charge in [-0.05, 0) is 39.3 Å². The lowest BCUT2D eigenvalue weighted by Crippen LogP contribution is -2.37. The Balaban J connectivity index is 0.00000254. The van der Waals surface area contributed by atoms with Gasteiger partial charge in [-0.25, -0.2) is 4.79 Å². The number of carbonyl (C=O) groups excluding carboxylic acids is 1. The summed E-state index contributed by atoms with van der Waals surface area (Å²) in [6.07, 6.45) is -1.49.